The minimum atomic E-state index is 0.00491. The van der Waals surface area contributed by atoms with Gasteiger partial charge in [0, 0.05) is 85.0 Å². The topological polar surface area (TPSA) is 13.0 Å². The first-order valence-corrected chi connectivity index (χ1v) is 16.2. The zero-order chi connectivity index (χ0) is 33.5. The Morgan fingerprint density at radius 1 is 0.362 bits per heavy atom. The van der Waals surface area contributed by atoms with Gasteiger partial charge in [0.05, 0.1) is 0 Å². The molecule has 0 saturated heterocycles. The zero-order valence-corrected chi connectivity index (χ0v) is 29.1. The highest BCUT2D eigenvalue weighted by Gasteiger charge is 2.16. The fourth-order valence-corrected chi connectivity index (χ4v) is 5.75. The van der Waals surface area contributed by atoms with Crippen LogP contribution < -0.4 is 19.6 Å². The molecule has 0 heterocycles. The molecule has 4 heteroatoms. The van der Waals surface area contributed by atoms with E-state index in [1.807, 2.05) is 0 Å². The molecule has 0 aliphatic rings. The van der Waals surface area contributed by atoms with Gasteiger partial charge in [-0.2, -0.15) is 0 Å². The highest BCUT2D eigenvalue weighted by atomic mass is 15.1. The molecule has 0 atom stereocenters. The summed E-state index contributed by atoms with van der Waals surface area (Å²) in [6.45, 7) is 0. The molecule has 4 nitrogen and oxygen atoms in total. The fourth-order valence-electron chi connectivity index (χ4n) is 5.75. The molecule has 0 N–H and O–H groups in total. The summed E-state index contributed by atoms with van der Waals surface area (Å²) in [7, 11) is 16.7. The lowest BCUT2D eigenvalue weighted by molar-refractivity contribution is 1.08. The first-order valence-electron chi connectivity index (χ1n) is 16.2. The molecule has 5 aromatic carbocycles. The lowest BCUT2D eigenvalue weighted by atomic mass is 9.86. The van der Waals surface area contributed by atoms with E-state index in [1.54, 1.807) is 0 Å². The third-order valence-electron chi connectivity index (χ3n) is 8.66. The van der Waals surface area contributed by atoms with Crippen molar-refractivity contribution in [2.24, 2.45) is 0 Å². The molecule has 5 aromatic rings. The van der Waals surface area contributed by atoms with Crippen LogP contribution >= 0.6 is 0 Å². The van der Waals surface area contributed by atoms with E-state index in [9.17, 15) is 0 Å². The largest absolute Gasteiger partial charge is 0.378 e. The quantitative estimate of drug-likeness (QED) is 0.146. The molecule has 0 aliphatic carbocycles. The van der Waals surface area contributed by atoms with E-state index in [1.165, 1.54) is 61.7 Å². The molecule has 0 radical (unpaired) electrons. The van der Waals surface area contributed by atoms with Crippen molar-refractivity contribution < 1.29 is 0 Å². The normalized spacial score (nSPS) is 10.7. The molecule has 0 unspecified atom stereocenters. The van der Waals surface area contributed by atoms with E-state index in [4.69, 9.17) is 0 Å². The van der Waals surface area contributed by atoms with Crippen LogP contribution in [0.5, 0.6) is 0 Å². The van der Waals surface area contributed by atoms with Crippen molar-refractivity contribution in [2.45, 2.75) is 5.92 Å². The summed E-state index contributed by atoms with van der Waals surface area (Å²) in [5.74, 6) is 0.00491. The molecule has 0 bridgehead atoms. The van der Waals surface area contributed by atoms with Gasteiger partial charge in [-0.3, -0.25) is 0 Å². The Morgan fingerprint density at radius 2 is 0.617 bits per heavy atom. The van der Waals surface area contributed by atoms with Crippen molar-refractivity contribution in [3.8, 4) is 0 Å². The Morgan fingerprint density at radius 3 is 0.851 bits per heavy atom. The summed E-state index contributed by atoms with van der Waals surface area (Å²) in [5, 5.41) is 0. The third-order valence-corrected chi connectivity index (χ3v) is 8.66. The van der Waals surface area contributed by atoms with Gasteiger partial charge in [0.1, 0.15) is 0 Å². The average molecular weight is 621 g/mol. The van der Waals surface area contributed by atoms with Crippen molar-refractivity contribution in [3.05, 3.63) is 167 Å². The van der Waals surface area contributed by atoms with Crippen molar-refractivity contribution in [1.82, 2.24) is 0 Å². The van der Waals surface area contributed by atoms with Gasteiger partial charge in [0.2, 0.25) is 0 Å². The van der Waals surface area contributed by atoms with Gasteiger partial charge in [-0.25, -0.2) is 0 Å². The summed E-state index contributed by atoms with van der Waals surface area (Å²) < 4.78 is 0. The van der Waals surface area contributed by atoms with E-state index in [0.29, 0.717) is 0 Å². The van der Waals surface area contributed by atoms with Crippen LogP contribution in [0.4, 0.5) is 22.7 Å². The first kappa shape index (κ1) is 33.2. The SMILES string of the molecule is CN(C)c1ccc(C(=CC(C=C(c2ccc(N(C)C)cc2)c2ccc(N(C)C)cc2)c2ccccc2)c2ccc(N(C)C)cc2)cc1. The minimum Gasteiger partial charge on any atom is -0.378 e. The molecule has 0 amide bonds. The Labute approximate surface area is 282 Å². The van der Waals surface area contributed by atoms with E-state index < -0.39 is 0 Å². The molecule has 47 heavy (non-hydrogen) atoms. The predicted octanol–water partition coefficient (Wildman–Crippen LogP) is 9.30. The zero-order valence-electron chi connectivity index (χ0n) is 29.1. The van der Waals surface area contributed by atoms with Crippen molar-refractivity contribution >= 4 is 33.9 Å². The van der Waals surface area contributed by atoms with E-state index >= 15 is 0 Å². The minimum absolute atomic E-state index is 0.00491. The highest BCUT2D eigenvalue weighted by Crippen LogP contribution is 2.35. The van der Waals surface area contributed by atoms with Crippen LogP contribution in [0.3, 0.4) is 0 Å². The summed E-state index contributed by atoms with van der Waals surface area (Å²) in [5.41, 5.74) is 13.1. The van der Waals surface area contributed by atoms with E-state index in [2.05, 4.69) is 216 Å². The summed E-state index contributed by atoms with van der Waals surface area (Å²) >= 11 is 0. The van der Waals surface area contributed by atoms with Crippen LogP contribution in [0, 0.1) is 0 Å². The maximum atomic E-state index is 2.44. The molecule has 5 rings (SSSR count). The second-order valence-electron chi connectivity index (χ2n) is 12.9. The van der Waals surface area contributed by atoms with Gasteiger partial charge >= 0.3 is 0 Å². The number of rotatable bonds is 11. The van der Waals surface area contributed by atoms with Crippen LogP contribution in [-0.2, 0) is 0 Å². The Bertz CT molecular complexity index is 1550. The van der Waals surface area contributed by atoms with Crippen molar-refractivity contribution in [3.63, 3.8) is 0 Å². The van der Waals surface area contributed by atoms with Gasteiger partial charge in [-0.05, 0) is 87.5 Å². The van der Waals surface area contributed by atoms with Crippen LogP contribution in [0.1, 0.15) is 33.7 Å². The fraction of sp³-hybridized carbons (Fsp3) is 0.209. The van der Waals surface area contributed by atoms with Crippen molar-refractivity contribution in [2.75, 3.05) is 76.0 Å². The second-order valence-corrected chi connectivity index (χ2v) is 12.9. The van der Waals surface area contributed by atoms with Gasteiger partial charge in [-0.1, -0.05) is 91.0 Å². The maximum absolute atomic E-state index is 2.44. The van der Waals surface area contributed by atoms with Crippen LogP contribution in [0.2, 0.25) is 0 Å². The lowest BCUT2D eigenvalue weighted by Crippen LogP contribution is -2.09. The van der Waals surface area contributed by atoms with Crippen LogP contribution in [0.25, 0.3) is 11.1 Å². The van der Waals surface area contributed by atoms with Crippen LogP contribution in [0.15, 0.2) is 140 Å². The number of hydrogen-bond acceptors (Lipinski definition) is 4. The highest BCUT2D eigenvalue weighted by molar-refractivity contribution is 5.85. The number of nitrogens with zero attached hydrogens (tertiary/aromatic N) is 4. The number of allylic oxidation sites excluding steroid dienone is 2. The number of hydrogen-bond donors (Lipinski definition) is 0. The molecule has 0 saturated carbocycles. The predicted molar refractivity (Wildman–Crippen MR) is 206 cm³/mol. The Kier molecular flexibility index (Phi) is 10.5. The number of anilines is 4. The van der Waals surface area contributed by atoms with Gasteiger partial charge in [0.15, 0.2) is 0 Å². The van der Waals surface area contributed by atoms with Gasteiger partial charge in [-0.15, -0.1) is 0 Å². The molecule has 0 fully saturated rings. The maximum Gasteiger partial charge on any atom is 0.0361 e. The number of benzene rings is 5. The van der Waals surface area contributed by atoms with E-state index in [-0.39, 0.29) is 5.92 Å². The molecule has 0 aliphatic heterocycles. The molecule has 0 spiro atoms. The van der Waals surface area contributed by atoms with Gasteiger partial charge < -0.3 is 19.6 Å². The smallest absolute Gasteiger partial charge is 0.0361 e. The lowest BCUT2D eigenvalue weighted by Gasteiger charge is -2.20. The molecular weight excluding hydrogens is 573 g/mol. The monoisotopic (exact) mass is 620 g/mol. The summed E-state index contributed by atoms with van der Waals surface area (Å²) in [6, 6.07) is 46.4. The van der Waals surface area contributed by atoms with Gasteiger partial charge in [0.25, 0.3) is 0 Å². The Balaban J connectivity index is 1.73. The average Bonchev–Trinajstić information content (AvgIpc) is 3.09. The second kappa shape index (κ2) is 14.9. The van der Waals surface area contributed by atoms with Crippen molar-refractivity contribution in [1.29, 1.82) is 0 Å². The van der Waals surface area contributed by atoms with Crippen LogP contribution in [-0.4, -0.2) is 56.4 Å². The Hall–Kier alpha value is -5.22. The first-order chi connectivity index (χ1) is 22.6. The standard InChI is InChI=1S/C43H48N4/c1-44(2)38-22-14-33(15-23-38)42(34-16-24-39(25-17-34)45(3)4)30-37(32-12-10-9-11-13-32)31-43(35-18-26-40(27-19-35)46(5)6)36-20-28-41(29-21-36)47(7)8/h9-31,37H,1-8H3. The molecule has 0 aromatic heterocycles. The molecular formula is C43H48N4. The summed E-state index contributed by atoms with van der Waals surface area (Å²) in [6.07, 6.45) is 4.88. The van der Waals surface area contributed by atoms with E-state index in [0.717, 1.165) is 0 Å². The summed E-state index contributed by atoms with van der Waals surface area (Å²) in [4.78, 5) is 8.57. The molecule has 240 valence electrons. The third kappa shape index (κ3) is 8.14.